The predicted molar refractivity (Wildman–Crippen MR) is 161 cm³/mol. The van der Waals surface area contributed by atoms with E-state index in [1.807, 2.05) is 68.4 Å². The highest BCUT2D eigenvalue weighted by molar-refractivity contribution is 9.10. The van der Waals surface area contributed by atoms with Gasteiger partial charge in [0.15, 0.2) is 0 Å². The summed E-state index contributed by atoms with van der Waals surface area (Å²) in [5, 5.41) is 2.69. The normalized spacial score (nSPS) is 19.9. The summed E-state index contributed by atoms with van der Waals surface area (Å²) in [6, 6.07) is 22.4. The Hall–Kier alpha value is -3.47. The van der Waals surface area contributed by atoms with Crippen molar-refractivity contribution in [3.63, 3.8) is 0 Å². The van der Waals surface area contributed by atoms with Crippen LogP contribution in [0.1, 0.15) is 27.5 Å². The predicted octanol–water partition coefficient (Wildman–Crippen LogP) is 5.72. The maximum absolute atomic E-state index is 13.9. The number of halogens is 1. The standard InChI is InChI=1S/C30H24BrN3O4S2/c1-16-9-11-21(12-10-16)34-27(36)24-23(18-6-4-7-19(31)14-18)26-29(39-25(24)28(34)37)33(30(38)40-26)15-22(35)32-20-8-3-5-17(2)13-20/h3-14,23-25H,15H2,1-2H3,(H,32,35)/t23-,24?,25?/m1/s1. The van der Waals surface area contributed by atoms with E-state index >= 15 is 0 Å². The maximum atomic E-state index is 13.9. The van der Waals surface area contributed by atoms with Gasteiger partial charge in [-0.05, 0) is 61.4 Å². The molecule has 10 heteroatoms. The number of fused-ring (bicyclic) bond motifs is 2. The van der Waals surface area contributed by atoms with E-state index in [4.69, 9.17) is 0 Å². The summed E-state index contributed by atoms with van der Waals surface area (Å²) in [5.74, 6) is -2.14. The molecule has 1 aromatic heterocycles. The molecule has 0 radical (unpaired) electrons. The van der Waals surface area contributed by atoms with Crippen LogP contribution in [0.3, 0.4) is 0 Å². The lowest BCUT2D eigenvalue weighted by Gasteiger charge is -2.30. The largest absolute Gasteiger partial charge is 0.325 e. The molecule has 0 spiro atoms. The van der Waals surface area contributed by atoms with E-state index in [-0.39, 0.29) is 29.1 Å². The number of nitrogens with zero attached hydrogens (tertiary/aromatic N) is 2. The highest BCUT2D eigenvalue weighted by atomic mass is 79.9. The quantitative estimate of drug-likeness (QED) is 0.284. The summed E-state index contributed by atoms with van der Waals surface area (Å²) in [7, 11) is 0. The number of aromatic nitrogens is 1. The lowest BCUT2D eigenvalue weighted by Crippen LogP contribution is -2.33. The molecule has 0 aliphatic carbocycles. The molecule has 3 aromatic carbocycles. The molecule has 3 atom stereocenters. The van der Waals surface area contributed by atoms with E-state index in [0.717, 1.165) is 32.5 Å². The molecule has 0 bridgehead atoms. The van der Waals surface area contributed by atoms with Crippen LogP contribution in [-0.2, 0) is 20.9 Å². The SMILES string of the molecule is Cc1ccc(N2C(=O)C3Sc4c(sc(=O)n4CC(=O)Nc4cccc(C)c4)[C@H](c4cccc(Br)c4)C3C2=O)cc1. The van der Waals surface area contributed by atoms with Gasteiger partial charge in [-0.25, -0.2) is 4.90 Å². The molecular weight excluding hydrogens is 610 g/mol. The van der Waals surface area contributed by atoms with Crippen LogP contribution in [0.15, 0.2) is 87.1 Å². The highest BCUT2D eigenvalue weighted by Crippen LogP contribution is 2.54. The second kappa shape index (κ2) is 10.5. The molecule has 1 saturated heterocycles. The first-order chi connectivity index (χ1) is 19.2. The van der Waals surface area contributed by atoms with E-state index in [2.05, 4.69) is 21.2 Å². The molecule has 2 aliphatic rings. The first-order valence-corrected chi connectivity index (χ1v) is 15.2. The molecule has 1 N–H and O–H groups in total. The minimum Gasteiger partial charge on any atom is -0.325 e. The smallest absolute Gasteiger partial charge is 0.308 e. The van der Waals surface area contributed by atoms with Gasteiger partial charge >= 0.3 is 4.87 Å². The summed E-state index contributed by atoms with van der Waals surface area (Å²) < 4.78 is 2.27. The van der Waals surface area contributed by atoms with Gasteiger partial charge < -0.3 is 5.32 Å². The highest BCUT2D eigenvalue weighted by Gasteiger charge is 2.56. The van der Waals surface area contributed by atoms with Crippen LogP contribution < -0.4 is 15.1 Å². The summed E-state index contributed by atoms with van der Waals surface area (Å²) in [4.78, 5) is 55.8. The number of hydrogen-bond donors (Lipinski definition) is 1. The fraction of sp³-hybridized carbons (Fsp3) is 0.200. The van der Waals surface area contributed by atoms with Crippen molar-refractivity contribution in [3.05, 3.63) is 109 Å². The van der Waals surface area contributed by atoms with Crippen molar-refractivity contribution in [1.29, 1.82) is 0 Å². The molecule has 7 nitrogen and oxygen atoms in total. The molecular formula is C30H24BrN3O4S2. The van der Waals surface area contributed by atoms with Crippen molar-refractivity contribution in [2.24, 2.45) is 5.92 Å². The number of carbonyl (C=O) groups is 3. The first kappa shape index (κ1) is 26.7. The van der Waals surface area contributed by atoms with Crippen LogP contribution in [0.2, 0.25) is 0 Å². The minimum absolute atomic E-state index is 0.196. The lowest BCUT2D eigenvalue weighted by molar-refractivity contribution is -0.122. The van der Waals surface area contributed by atoms with Crippen LogP contribution in [-0.4, -0.2) is 27.5 Å². The van der Waals surface area contributed by atoms with Gasteiger partial charge in [0.25, 0.3) is 0 Å². The van der Waals surface area contributed by atoms with Crippen molar-refractivity contribution in [1.82, 2.24) is 4.57 Å². The van der Waals surface area contributed by atoms with Crippen LogP contribution in [0.25, 0.3) is 0 Å². The van der Waals surface area contributed by atoms with Gasteiger partial charge in [0, 0.05) is 21.0 Å². The molecule has 202 valence electrons. The monoisotopic (exact) mass is 633 g/mol. The van der Waals surface area contributed by atoms with Gasteiger partial charge in [0.05, 0.1) is 16.6 Å². The fourth-order valence-electron chi connectivity index (χ4n) is 5.33. The number of carbonyl (C=O) groups excluding carboxylic acids is 3. The van der Waals surface area contributed by atoms with Gasteiger partial charge in [-0.1, -0.05) is 81.0 Å². The number of thiazole rings is 1. The van der Waals surface area contributed by atoms with E-state index in [1.54, 1.807) is 18.2 Å². The van der Waals surface area contributed by atoms with Gasteiger partial charge in [0.2, 0.25) is 17.7 Å². The number of nitrogens with one attached hydrogen (secondary N) is 1. The maximum Gasteiger partial charge on any atom is 0.308 e. The molecule has 40 heavy (non-hydrogen) atoms. The molecule has 3 amide bonds. The Labute approximate surface area is 247 Å². The van der Waals surface area contributed by atoms with Crippen LogP contribution >= 0.6 is 39.0 Å². The third-order valence-corrected chi connectivity index (χ3v) is 10.2. The van der Waals surface area contributed by atoms with Crippen LogP contribution in [0.4, 0.5) is 11.4 Å². The van der Waals surface area contributed by atoms with E-state index in [0.29, 0.717) is 21.3 Å². The number of thioether (sulfide) groups is 1. The molecule has 2 unspecified atom stereocenters. The van der Waals surface area contributed by atoms with Crippen molar-refractivity contribution >= 4 is 68.1 Å². The van der Waals surface area contributed by atoms with Crippen molar-refractivity contribution in [2.75, 3.05) is 10.2 Å². The molecule has 2 aliphatic heterocycles. The Bertz CT molecular complexity index is 1730. The van der Waals surface area contributed by atoms with E-state index < -0.39 is 17.1 Å². The fourth-order valence-corrected chi connectivity index (χ4v) is 8.52. The average Bonchev–Trinajstić information content (AvgIpc) is 3.35. The Kier molecular flexibility index (Phi) is 7.02. The Balaban J connectivity index is 1.41. The number of aryl methyl sites for hydroxylation is 2. The summed E-state index contributed by atoms with van der Waals surface area (Å²) in [5.41, 5.74) is 4.03. The van der Waals surface area contributed by atoms with E-state index in [1.165, 1.54) is 21.2 Å². The molecule has 0 saturated carbocycles. The lowest BCUT2D eigenvalue weighted by atomic mass is 9.83. The van der Waals surface area contributed by atoms with E-state index in [9.17, 15) is 19.2 Å². The molecule has 6 rings (SSSR count). The molecule has 1 fully saturated rings. The first-order valence-electron chi connectivity index (χ1n) is 12.7. The van der Waals surface area contributed by atoms with Gasteiger partial charge in [-0.3, -0.25) is 23.7 Å². The summed E-state index contributed by atoms with van der Waals surface area (Å²) in [6.07, 6.45) is 0. The Morgan fingerprint density at radius 1 is 0.925 bits per heavy atom. The third kappa shape index (κ3) is 4.74. The van der Waals surface area contributed by atoms with Crippen LogP contribution in [0, 0.1) is 19.8 Å². The zero-order valence-electron chi connectivity index (χ0n) is 21.6. The number of benzene rings is 3. The van der Waals surface area contributed by atoms with Crippen molar-refractivity contribution in [3.8, 4) is 0 Å². The Morgan fingerprint density at radius 2 is 1.68 bits per heavy atom. The van der Waals surface area contributed by atoms with Gasteiger partial charge in [-0.2, -0.15) is 0 Å². The number of rotatable bonds is 5. The zero-order chi connectivity index (χ0) is 28.1. The second-order valence-electron chi connectivity index (χ2n) is 9.99. The molecule has 3 heterocycles. The van der Waals surface area contributed by atoms with Gasteiger partial charge in [0.1, 0.15) is 11.8 Å². The zero-order valence-corrected chi connectivity index (χ0v) is 24.8. The van der Waals surface area contributed by atoms with Crippen LogP contribution in [0.5, 0.6) is 0 Å². The minimum atomic E-state index is -0.731. The average molecular weight is 635 g/mol. The third-order valence-electron chi connectivity index (χ3n) is 7.15. The van der Waals surface area contributed by atoms with Crippen molar-refractivity contribution in [2.45, 2.75) is 36.6 Å². The number of anilines is 2. The topological polar surface area (TPSA) is 88.5 Å². The summed E-state index contributed by atoms with van der Waals surface area (Å²) in [6.45, 7) is 3.69. The summed E-state index contributed by atoms with van der Waals surface area (Å²) >= 11 is 5.78. The number of hydrogen-bond acceptors (Lipinski definition) is 6. The van der Waals surface area contributed by atoms with Gasteiger partial charge in [-0.15, -0.1) is 0 Å². The second-order valence-corrected chi connectivity index (χ2v) is 13.0. The Morgan fingerprint density at radius 3 is 2.40 bits per heavy atom. The molecule has 4 aromatic rings. The number of imide groups is 1. The van der Waals surface area contributed by atoms with Crippen molar-refractivity contribution < 1.29 is 14.4 Å². The number of amides is 3.